The van der Waals surface area contributed by atoms with Gasteiger partial charge in [0.25, 0.3) is 0 Å². The lowest BCUT2D eigenvalue weighted by Gasteiger charge is -2.32. The van der Waals surface area contributed by atoms with Gasteiger partial charge in [-0.1, -0.05) is 24.3 Å². The van der Waals surface area contributed by atoms with Crippen molar-refractivity contribution in [2.45, 2.75) is 42.5 Å². The molecule has 3 nitrogen and oxygen atoms in total. The quantitative estimate of drug-likeness (QED) is 0.693. The van der Waals surface area contributed by atoms with Gasteiger partial charge in [-0.2, -0.15) is 0 Å². The van der Waals surface area contributed by atoms with Crippen LogP contribution in [0.5, 0.6) is 0 Å². The van der Waals surface area contributed by atoms with Crippen LogP contribution in [0.4, 0.5) is 0 Å². The number of carbonyl (C=O) groups is 1. The Morgan fingerprint density at radius 2 is 2.00 bits per heavy atom. The highest BCUT2D eigenvalue weighted by atomic mass is 32.2. The summed E-state index contributed by atoms with van der Waals surface area (Å²) in [6.45, 7) is 4.12. The predicted octanol–water partition coefficient (Wildman–Crippen LogP) is 4.53. The van der Waals surface area contributed by atoms with Gasteiger partial charge in [0.05, 0.1) is 5.41 Å². The first kappa shape index (κ1) is 19.0. The number of piperidine rings is 1. The third kappa shape index (κ3) is 4.25. The minimum absolute atomic E-state index is 0.198. The number of benzene rings is 1. The fourth-order valence-electron chi connectivity index (χ4n) is 4.09. The highest BCUT2D eigenvalue weighted by Crippen LogP contribution is 2.50. The maximum atomic E-state index is 12.7. The van der Waals surface area contributed by atoms with Crippen LogP contribution >= 0.6 is 23.1 Å². The number of hydrogen-bond donors (Lipinski definition) is 1. The summed E-state index contributed by atoms with van der Waals surface area (Å²) in [6.07, 6.45) is 6.51. The molecule has 0 bridgehead atoms. The van der Waals surface area contributed by atoms with E-state index < -0.39 is 0 Å². The second-order valence-corrected chi connectivity index (χ2v) is 9.60. The molecule has 0 atom stereocenters. The number of carbonyl (C=O) groups excluding carboxylic acids is 1. The van der Waals surface area contributed by atoms with Crippen LogP contribution in [0, 0.1) is 5.92 Å². The average Bonchev–Trinajstić information content (AvgIpc) is 3.33. The first-order chi connectivity index (χ1) is 13.2. The summed E-state index contributed by atoms with van der Waals surface area (Å²) >= 11 is 3.55. The molecule has 27 heavy (non-hydrogen) atoms. The van der Waals surface area contributed by atoms with Crippen molar-refractivity contribution in [3.05, 3.63) is 52.2 Å². The van der Waals surface area contributed by atoms with Crippen molar-refractivity contribution >= 4 is 29.0 Å². The zero-order valence-electron chi connectivity index (χ0n) is 15.9. The van der Waals surface area contributed by atoms with Crippen LogP contribution in [0.25, 0.3) is 0 Å². The summed E-state index contributed by atoms with van der Waals surface area (Å²) in [4.78, 5) is 17.9. The highest BCUT2D eigenvalue weighted by molar-refractivity contribution is 7.98. The largest absolute Gasteiger partial charge is 0.355 e. The maximum absolute atomic E-state index is 12.7. The second kappa shape index (κ2) is 8.38. The molecule has 4 rings (SSSR count). The van der Waals surface area contributed by atoms with Crippen LogP contribution in [0.1, 0.15) is 36.1 Å². The van der Waals surface area contributed by atoms with E-state index in [4.69, 9.17) is 0 Å². The van der Waals surface area contributed by atoms with Crippen LogP contribution in [-0.4, -0.2) is 36.7 Å². The standard InChI is InChI=1S/C22H28N2OS2/c1-26-19-6-3-2-5-18(19)16-24-12-8-17(9-13-24)15-23-21(25)22(10-11-22)20-7-4-14-27-20/h2-7,14,17H,8-13,15-16H2,1H3,(H,23,25). The van der Waals surface area contributed by atoms with Crippen LogP contribution < -0.4 is 5.32 Å². The topological polar surface area (TPSA) is 32.3 Å². The Bertz CT molecular complexity index is 762. The Balaban J connectivity index is 1.24. The Morgan fingerprint density at radius 1 is 1.22 bits per heavy atom. The third-order valence-electron chi connectivity index (χ3n) is 6.02. The van der Waals surface area contributed by atoms with Gasteiger partial charge in [-0.3, -0.25) is 9.69 Å². The lowest BCUT2D eigenvalue weighted by Crippen LogP contribution is -2.41. The van der Waals surface area contributed by atoms with E-state index in [2.05, 4.69) is 58.3 Å². The Labute approximate surface area is 170 Å². The lowest BCUT2D eigenvalue weighted by atomic mass is 9.95. The summed E-state index contributed by atoms with van der Waals surface area (Å²) < 4.78 is 0. The van der Waals surface area contributed by atoms with Crippen molar-refractivity contribution in [3.63, 3.8) is 0 Å². The molecule has 1 aliphatic carbocycles. The first-order valence-electron chi connectivity index (χ1n) is 9.88. The summed E-state index contributed by atoms with van der Waals surface area (Å²) in [5, 5.41) is 5.35. The van der Waals surface area contributed by atoms with Crippen LogP contribution in [0.3, 0.4) is 0 Å². The van der Waals surface area contributed by atoms with Gasteiger partial charge in [-0.15, -0.1) is 23.1 Å². The molecule has 1 N–H and O–H groups in total. The second-order valence-electron chi connectivity index (χ2n) is 7.80. The molecular formula is C22H28N2OS2. The van der Waals surface area contributed by atoms with Crippen molar-refractivity contribution in [2.75, 3.05) is 25.9 Å². The SMILES string of the molecule is CSc1ccccc1CN1CCC(CNC(=O)C2(c3cccs3)CC2)CC1. The summed E-state index contributed by atoms with van der Waals surface area (Å²) in [5.41, 5.74) is 1.24. The van der Waals surface area contributed by atoms with Crippen molar-refractivity contribution in [1.29, 1.82) is 0 Å². The van der Waals surface area contributed by atoms with Gasteiger partial charge >= 0.3 is 0 Å². The van der Waals surface area contributed by atoms with E-state index in [9.17, 15) is 4.79 Å². The van der Waals surface area contributed by atoms with Crippen molar-refractivity contribution in [2.24, 2.45) is 5.92 Å². The molecule has 0 unspecified atom stereocenters. The number of thiophene rings is 1. The van der Waals surface area contributed by atoms with Crippen LogP contribution in [0.15, 0.2) is 46.7 Å². The molecule has 2 aromatic rings. The Hall–Kier alpha value is -1.30. The van der Waals surface area contributed by atoms with Crippen LogP contribution in [0.2, 0.25) is 0 Å². The minimum Gasteiger partial charge on any atom is -0.355 e. The molecule has 1 aliphatic heterocycles. The fraction of sp³-hybridized carbons (Fsp3) is 0.500. The molecule has 2 aliphatic rings. The van der Waals surface area contributed by atoms with E-state index in [0.717, 1.165) is 39.0 Å². The highest BCUT2D eigenvalue weighted by Gasteiger charge is 2.52. The average molecular weight is 401 g/mol. The Morgan fingerprint density at radius 3 is 2.67 bits per heavy atom. The van der Waals surface area contributed by atoms with Crippen molar-refractivity contribution in [3.8, 4) is 0 Å². The van der Waals surface area contributed by atoms with E-state index in [1.54, 1.807) is 11.3 Å². The number of nitrogens with zero attached hydrogens (tertiary/aromatic N) is 1. The predicted molar refractivity (Wildman–Crippen MR) is 114 cm³/mol. The van der Waals surface area contributed by atoms with Gasteiger partial charge in [0, 0.05) is 22.9 Å². The molecule has 1 amide bonds. The molecule has 1 aromatic heterocycles. The molecule has 144 valence electrons. The normalized spacial score (nSPS) is 19.7. The van der Waals surface area contributed by atoms with Crippen molar-refractivity contribution < 1.29 is 4.79 Å². The van der Waals surface area contributed by atoms with E-state index in [0.29, 0.717) is 5.92 Å². The van der Waals surface area contributed by atoms with Gasteiger partial charge in [-0.05, 0) is 74.0 Å². The van der Waals surface area contributed by atoms with E-state index in [1.165, 1.54) is 28.2 Å². The first-order valence-corrected chi connectivity index (χ1v) is 12.0. The van der Waals surface area contributed by atoms with Gasteiger partial charge in [0.2, 0.25) is 5.91 Å². The molecule has 5 heteroatoms. The Kier molecular flexibility index (Phi) is 5.90. The zero-order chi connectivity index (χ0) is 18.7. The molecular weight excluding hydrogens is 372 g/mol. The summed E-state index contributed by atoms with van der Waals surface area (Å²) in [7, 11) is 0. The molecule has 1 saturated carbocycles. The smallest absolute Gasteiger partial charge is 0.231 e. The van der Waals surface area contributed by atoms with Crippen LogP contribution in [-0.2, 0) is 16.8 Å². The van der Waals surface area contributed by atoms with E-state index in [-0.39, 0.29) is 11.3 Å². The third-order valence-corrected chi connectivity index (χ3v) is 7.93. The summed E-state index contributed by atoms with van der Waals surface area (Å²) in [6, 6.07) is 12.9. The number of thioether (sulfide) groups is 1. The van der Waals surface area contributed by atoms with E-state index in [1.807, 2.05) is 11.8 Å². The van der Waals surface area contributed by atoms with E-state index >= 15 is 0 Å². The number of amides is 1. The van der Waals surface area contributed by atoms with Gasteiger partial charge in [0.15, 0.2) is 0 Å². The number of rotatable bonds is 7. The molecule has 1 aromatic carbocycles. The molecule has 0 spiro atoms. The van der Waals surface area contributed by atoms with Gasteiger partial charge in [-0.25, -0.2) is 0 Å². The van der Waals surface area contributed by atoms with Crippen molar-refractivity contribution in [1.82, 2.24) is 10.2 Å². The molecule has 2 heterocycles. The maximum Gasteiger partial charge on any atom is 0.231 e. The summed E-state index contributed by atoms with van der Waals surface area (Å²) in [5.74, 6) is 0.862. The van der Waals surface area contributed by atoms with Gasteiger partial charge < -0.3 is 5.32 Å². The number of nitrogens with one attached hydrogen (secondary N) is 1. The number of hydrogen-bond acceptors (Lipinski definition) is 4. The molecule has 0 radical (unpaired) electrons. The molecule has 1 saturated heterocycles. The number of likely N-dealkylation sites (tertiary alicyclic amines) is 1. The van der Waals surface area contributed by atoms with Gasteiger partial charge in [0.1, 0.15) is 0 Å². The minimum atomic E-state index is -0.198. The monoisotopic (exact) mass is 400 g/mol. The molecule has 2 fully saturated rings. The lowest BCUT2D eigenvalue weighted by molar-refractivity contribution is -0.123. The fourth-order valence-corrected chi connectivity index (χ4v) is 5.68. The zero-order valence-corrected chi connectivity index (χ0v) is 17.6.